The molecular weight excluding hydrogens is 713 g/mol. The van der Waals surface area contributed by atoms with E-state index >= 15 is 0 Å². The van der Waals surface area contributed by atoms with Gasteiger partial charge in [-0.25, -0.2) is 19.9 Å². The molecule has 0 spiro atoms. The molecule has 266 valence electrons. The van der Waals surface area contributed by atoms with Gasteiger partial charge in [-0.1, -0.05) is 182 Å². The molecule has 5 heteroatoms. The van der Waals surface area contributed by atoms with Crippen molar-refractivity contribution in [1.29, 1.82) is 0 Å². The van der Waals surface area contributed by atoms with E-state index in [9.17, 15) is 0 Å². The Labute approximate surface area is 333 Å². The highest BCUT2D eigenvalue weighted by molar-refractivity contribution is 7.26. The zero-order valence-corrected chi connectivity index (χ0v) is 31.5. The Hall–Kier alpha value is -7.34. The first kappa shape index (κ1) is 33.0. The molecule has 11 aromatic rings. The molecular formula is C52H32N4S. The molecule has 0 aliphatic rings. The number of hydrogen-bond donors (Lipinski definition) is 0. The highest BCUT2D eigenvalue weighted by Gasteiger charge is 2.19. The molecule has 8 aromatic carbocycles. The summed E-state index contributed by atoms with van der Waals surface area (Å²) in [5.41, 5.74) is 10.6. The summed E-state index contributed by atoms with van der Waals surface area (Å²) < 4.78 is 2.53. The summed E-state index contributed by atoms with van der Waals surface area (Å²) in [5, 5.41) is 6.13. The zero-order valence-electron chi connectivity index (χ0n) is 30.7. The smallest absolute Gasteiger partial charge is 0.164 e. The normalized spacial score (nSPS) is 11.5. The van der Waals surface area contributed by atoms with E-state index in [0.29, 0.717) is 17.5 Å². The summed E-state index contributed by atoms with van der Waals surface area (Å²) in [4.78, 5) is 20.2. The first-order valence-corrected chi connectivity index (χ1v) is 19.9. The Morgan fingerprint density at radius 3 is 1.44 bits per heavy atom. The quantitative estimate of drug-likeness (QED) is 0.159. The average Bonchev–Trinajstić information content (AvgIpc) is 3.69. The summed E-state index contributed by atoms with van der Waals surface area (Å²) in [6, 6.07) is 67.9. The van der Waals surface area contributed by atoms with Gasteiger partial charge in [0.05, 0.1) is 11.2 Å². The van der Waals surface area contributed by atoms with Crippen molar-refractivity contribution in [2.45, 2.75) is 0 Å². The van der Waals surface area contributed by atoms with Crippen molar-refractivity contribution in [3.05, 3.63) is 194 Å². The third-order valence-electron chi connectivity index (χ3n) is 10.7. The van der Waals surface area contributed by atoms with Crippen LogP contribution in [-0.4, -0.2) is 19.9 Å². The molecule has 0 saturated heterocycles. The van der Waals surface area contributed by atoms with Crippen LogP contribution in [0.2, 0.25) is 0 Å². The number of aromatic nitrogens is 4. The lowest BCUT2D eigenvalue weighted by molar-refractivity contribution is 1.07. The summed E-state index contributed by atoms with van der Waals surface area (Å²) in [7, 11) is 0. The topological polar surface area (TPSA) is 51.6 Å². The van der Waals surface area contributed by atoms with E-state index in [1.807, 2.05) is 47.7 Å². The minimum atomic E-state index is 0.638. The fourth-order valence-corrected chi connectivity index (χ4v) is 9.21. The lowest BCUT2D eigenvalue weighted by Crippen LogP contribution is -2.00. The lowest BCUT2D eigenvalue weighted by atomic mass is 9.95. The van der Waals surface area contributed by atoms with E-state index in [2.05, 4.69) is 158 Å². The third-order valence-corrected chi connectivity index (χ3v) is 11.9. The maximum atomic E-state index is 5.19. The van der Waals surface area contributed by atoms with Crippen molar-refractivity contribution in [2.24, 2.45) is 0 Å². The molecule has 0 N–H and O–H groups in total. The number of rotatable bonds is 6. The van der Waals surface area contributed by atoms with Crippen LogP contribution in [0, 0.1) is 0 Å². The van der Waals surface area contributed by atoms with E-state index < -0.39 is 0 Å². The van der Waals surface area contributed by atoms with Gasteiger partial charge in [-0.15, -0.1) is 11.3 Å². The minimum Gasteiger partial charge on any atom is -0.247 e. The second-order valence-corrected chi connectivity index (χ2v) is 15.2. The Morgan fingerprint density at radius 1 is 0.298 bits per heavy atom. The second kappa shape index (κ2) is 13.7. The van der Waals surface area contributed by atoms with Gasteiger partial charge in [-0.3, -0.25) is 0 Å². The molecule has 3 heterocycles. The summed E-state index contributed by atoms with van der Waals surface area (Å²) in [6.45, 7) is 0. The van der Waals surface area contributed by atoms with Gasteiger partial charge in [0.2, 0.25) is 0 Å². The van der Waals surface area contributed by atoms with Crippen LogP contribution < -0.4 is 0 Å². The number of fused-ring (bicyclic) bond motifs is 7. The number of nitrogens with zero attached hydrogens (tertiary/aromatic N) is 4. The number of pyridine rings is 1. The van der Waals surface area contributed by atoms with Crippen molar-refractivity contribution in [3.63, 3.8) is 0 Å². The minimum absolute atomic E-state index is 0.638. The Balaban J connectivity index is 1.02. The Kier molecular flexibility index (Phi) is 7.97. The van der Waals surface area contributed by atoms with Gasteiger partial charge >= 0.3 is 0 Å². The van der Waals surface area contributed by atoms with Gasteiger partial charge in [0.1, 0.15) is 0 Å². The van der Waals surface area contributed by atoms with Crippen molar-refractivity contribution < 1.29 is 0 Å². The van der Waals surface area contributed by atoms with Crippen LogP contribution in [0.5, 0.6) is 0 Å². The first-order valence-electron chi connectivity index (χ1n) is 19.1. The van der Waals surface area contributed by atoms with Crippen molar-refractivity contribution >= 4 is 53.2 Å². The Bertz CT molecular complexity index is 3250. The van der Waals surface area contributed by atoms with Gasteiger partial charge in [-0.05, 0) is 34.4 Å². The van der Waals surface area contributed by atoms with Crippen LogP contribution >= 0.6 is 11.3 Å². The monoisotopic (exact) mass is 744 g/mol. The maximum Gasteiger partial charge on any atom is 0.164 e. The fourth-order valence-electron chi connectivity index (χ4n) is 7.97. The van der Waals surface area contributed by atoms with E-state index in [-0.39, 0.29) is 0 Å². The molecule has 0 aliphatic heterocycles. The molecule has 11 rings (SSSR count). The van der Waals surface area contributed by atoms with E-state index in [4.69, 9.17) is 19.9 Å². The van der Waals surface area contributed by atoms with Gasteiger partial charge in [0, 0.05) is 58.6 Å². The van der Waals surface area contributed by atoms with E-state index in [1.54, 1.807) is 0 Å². The molecule has 0 aliphatic carbocycles. The highest BCUT2D eigenvalue weighted by atomic mass is 32.1. The predicted molar refractivity (Wildman–Crippen MR) is 238 cm³/mol. The van der Waals surface area contributed by atoms with Crippen molar-refractivity contribution in [1.82, 2.24) is 19.9 Å². The largest absolute Gasteiger partial charge is 0.247 e. The van der Waals surface area contributed by atoms with Crippen LogP contribution in [0.4, 0.5) is 0 Å². The van der Waals surface area contributed by atoms with Gasteiger partial charge in [0.15, 0.2) is 17.5 Å². The summed E-state index contributed by atoms with van der Waals surface area (Å²) in [6.07, 6.45) is 0. The van der Waals surface area contributed by atoms with Crippen LogP contribution in [-0.2, 0) is 0 Å². The summed E-state index contributed by atoms with van der Waals surface area (Å²) in [5.74, 6) is 1.92. The molecule has 4 nitrogen and oxygen atoms in total. The molecule has 0 bridgehead atoms. The average molecular weight is 745 g/mol. The van der Waals surface area contributed by atoms with Gasteiger partial charge < -0.3 is 0 Å². The maximum absolute atomic E-state index is 5.19. The van der Waals surface area contributed by atoms with Crippen molar-refractivity contribution in [2.75, 3.05) is 0 Å². The predicted octanol–water partition coefficient (Wildman–Crippen LogP) is 13.9. The molecule has 0 fully saturated rings. The highest BCUT2D eigenvalue weighted by Crippen LogP contribution is 2.46. The third kappa shape index (κ3) is 5.84. The molecule has 0 saturated carbocycles. The molecule has 0 radical (unpaired) electrons. The second-order valence-electron chi connectivity index (χ2n) is 14.2. The van der Waals surface area contributed by atoms with Gasteiger partial charge in [-0.2, -0.15) is 0 Å². The van der Waals surface area contributed by atoms with Crippen LogP contribution in [0.25, 0.3) is 110 Å². The Morgan fingerprint density at radius 2 is 0.789 bits per heavy atom. The molecule has 3 aromatic heterocycles. The van der Waals surface area contributed by atoms with E-state index in [0.717, 1.165) is 44.6 Å². The number of benzene rings is 8. The zero-order chi connectivity index (χ0) is 37.7. The lowest BCUT2D eigenvalue weighted by Gasteiger charge is -2.12. The van der Waals surface area contributed by atoms with Crippen LogP contribution in [0.1, 0.15) is 0 Å². The fraction of sp³-hybridized carbons (Fsp3) is 0. The number of thiophene rings is 1. The molecule has 0 amide bonds. The molecule has 0 atom stereocenters. The molecule has 57 heavy (non-hydrogen) atoms. The van der Waals surface area contributed by atoms with E-state index in [1.165, 1.54) is 47.5 Å². The molecule has 0 unspecified atom stereocenters. The number of para-hydroxylation sites is 1. The van der Waals surface area contributed by atoms with Gasteiger partial charge in [0.25, 0.3) is 0 Å². The first-order chi connectivity index (χ1) is 28.2. The SMILES string of the molecule is c1ccc(-c2ccc(-c3nc(-c4ccccc4)nc(-c4ccc(-c5cccc6c5sc5ccc7c(-c8ccccc8)nc8ccccc8c7c56)cc4)n3)cc2)cc1. The van der Waals surface area contributed by atoms with Crippen LogP contribution in [0.3, 0.4) is 0 Å². The van der Waals surface area contributed by atoms with Crippen molar-refractivity contribution in [3.8, 4) is 67.7 Å². The van der Waals surface area contributed by atoms with Crippen LogP contribution in [0.15, 0.2) is 194 Å². The summed E-state index contributed by atoms with van der Waals surface area (Å²) >= 11 is 1.85. The standard InChI is InChI=1S/C52H32N4S/c1-4-13-33(14-5-1)34-23-27-38(28-24-34)51-54-50(37-17-8-3-9-18-37)55-52(56-51)39-29-25-35(26-30-39)40-20-12-21-43-47-45(57-49(40)43)32-31-42-46(47)41-19-10-11-22-44(41)53-48(42)36-15-6-2-7-16-36/h1-32H. The number of hydrogen-bond acceptors (Lipinski definition) is 5.